The highest BCUT2D eigenvalue weighted by Gasteiger charge is 2.40. The van der Waals surface area contributed by atoms with Crippen LogP contribution < -0.4 is 4.90 Å². The fraction of sp³-hybridized carbons (Fsp3) is 0.433. The first kappa shape index (κ1) is 24.3. The molecule has 1 aliphatic heterocycles. The first-order valence-electron chi connectivity index (χ1n) is 12.5. The molecule has 0 saturated carbocycles. The standard InChI is InChI=1S/C30H37NO3/c1-22(2)24-10-7-11-25(18-24)26-12-8-14-28(19-26)31-17-9-13-27(20-31)30(15-5-4-6-16-30)34-21-23(3)29(32)33/h4-8,10-12,14-15,18-19,22-23,27H,9,13,16-17,20-21H2,1-3H3,(H,32,33). The fourth-order valence-corrected chi connectivity index (χ4v) is 5.07. The van der Waals surface area contributed by atoms with E-state index in [-0.39, 0.29) is 6.61 Å². The van der Waals surface area contributed by atoms with Crippen LogP contribution >= 0.6 is 0 Å². The number of piperidine rings is 1. The molecule has 0 amide bonds. The van der Waals surface area contributed by atoms with E-state index in [1.807, 2.05) is 0 Å². The van der Waals surface area contributed by atoms with Crippen molar-refractivity contribution >= 4 is 11.7 Å². The van der Waals surface area contributed by atoms with Gasteiger partial charge in [-0.3, -0.25) is 4.79 Å². The molecule has 1 N–H and O–H groups in total. The lowest BCUT2D eigenvalue weighted by atomic mass is 9.77. The zero-order valence-electron chi connectivity index (χ0n) is 20.6. The van der Waals surface area contributed by atoms with Gasteiger partial charge in [0.25, 0.3) is 0 Å². The summed E-state index contributed by atoms with van der Waals surface area (Å²) in [5.41, 5.74) is 4.64. The SMILES string of the molecule is CC(COC1(C2CCCN(c3cccc(-c4cccc(C(C)C)c4)c3)C2)C=CC=CC1)C(=O)O. The van der Waals surface area contributed by atoms with Crippen LogP contribution in [0, 0.1) is 11.8 Å². The molecule has 2 aliphatic rings. The smallest absolute Gasteiger partial charge is 0.308 e. The molecule has 0 bridgehead atoms. The summed E-state index contributed by atoms with van der Waals surface area (Å²) >= 11 is 0. The molecular formula is C30H37NO3. The number of ether oxygens (including phenoxy) is 1. The molecule has 4 heteroatoms. The third kappa shape index (κ3) is 5.44. The number of nitrogens with zero attached hydrogens (tertiary/aromatic N) is 1. The largest absolute Gasteiger partial charge is 0.481 e. The Hall–Kier alpha value is -2.85. The summed E-state index contributed by atoms with van der Waals surface area (Å²) in [4.78, 5) is 13.9. The third-order valence-corrected chi connectivity index (χ3v) is 7.30. The van der Waals surface area contributed by atoms with Gasteiger partial charge < -0.3 is 14.7 Å². The summed E-state index contributed by atoms with van der Waals surface area (Å²) in [6.45, 7) is 8.32. The van der Waals surface area contributed by atoms with Gasteiger partial charge in [0.15, 0.2) is 0 Å². The number of anilines is 1. The Bertz CT molecular complexity index is 1060. The Morgan fingerprint density at radius 2 is 1.88 bits per heavy atom. The Balaban J connectivity index is 1.54. The second-order valence-corrected chi connectivity index (χ2v) is 10.1. The van der Waals surface area contributed by atoms with E-state index in [0.29, 0.717) is 11.8 Å². The van der Waals surface area contributed by atoms with Crippen molar-refractivity contribution < 1.29 is 14.6 Å². The lowest BCUT2D eigenvalue weighted by Gasteiger charge is -2.45. The molecule has 4 rings (SSSR count). The van der Waals surface area contributed by atoms with Gasteiger partial charge in [-0.25, -0.2) is 0 Å². The van der Waals surface area contributed by atoms with Crippen molar-refractivity contribution in [2.45, 2.75) is 51.6 Å². The van der Waals surface area contributed by atoms with Crippen LogP contribution in [-0.2, 0) is 9.53 Å². The van der Waals surface area contributed by atoms with Crippen LogP contribution in [0.4, 0.5) is 5.69 Å². The van der Waals surface area contributed by atoms with E-state index >= 15 is 0 Å². The summed E-state index contributed by atoms with van der Waals surface area (Å²) in [5.74, 6) is -0.525. The monoisotopic (exact) mass is 459 g/mol. The van der Waals surface area contributed by atoms with E-state index in [4.69, 9.17) is 4.74 Å². The van der Waals surface area contributed by atoms with E-state index in [1.165, 1.54) is 22.4 Å². The average molecular weight is 460 g/mol. The average Bonchev–Trinajstić information content (AvgIpc) is 2.88. The second kappa shape index (κ2) is 10.6. The van der Waals surface area contributed by atoms with Gasteiger partial charge >= 0.3 is 5.97 Å². The first-order valence-corrected chi connectivity index (χ1v) is 12.5. The zero-order chi connectivity index (χ0) is 24.1. The molecule has 3 atom stereocenters. The number of carbonyl (C=O) groups is 1. The van der Waals surface area contributed by atoms with Gasteiger partial charge in [-0.1, -0.05) is 74.5 Å². The van der Waals surface area contributed by atoms with Crippen molar-refractivity contribution in [3.63, 3.8) is 0 Å². The Morgan fingerprint density at radius 3 is 2.59 bits per heavy atom. The van der Waals surface area contributed by atoms with E-state index in [1.54, 1.807) is 6.92 Å². The van der Waals surface area contributed by atoms with Gasteiger partial charge in [-0.05, 0) is 60.9 Å². The van der Waals surface area contributed by atoms with Crippen LogP contribution in [0.2, 0.25) is 0 Å². The summed E-state index contributed by atoms with van der Waals surface area (Å²) in [6.07, 6.45) is 11.4. The number of rotatable bonds is 8. The van der Waals surface area contributed by atoms with E-state index in [0.717, 1.165) is 32.4 Å². The molecule has 0 aromatic heterocycles. The maximum absolute atomic E-state index is 11.4. The number of hydrogen-bond acceptors (Lipinski definition) is 3. The van der Waals surface area contributed by atoms with Crippen molar-refractivity contribution in [3.8, 4) is 11.1 Å². The number of carboxylic acids is 1. The highest BCUT2D eigenvalue weighted by Crippen LogP contribution is 2.39. The molecule has 0 radical (unpaired) electrons. The first-order chi connectivity index (χ1) is 16.4. The van der Waals surface area contributed by atoms with Crippen molar-refractivity contribution in [2.75, 3.05) is 24.6 Å². The molecule has 180 valence electrons. The molecular weight excluding hydrogens is 422 g/mol. The van der Waals surface area contributed by atoms with Crippen LogP contribution in [0.3, 0.4) is 0 Å². The van der Waals surface area contributed by atoms with Gasteiger partial charge in [-0.2, -0.15) is 0 Å². The Labute approximate surface area is 203 Å². The maximum Gasteiger partial charge on any atom is 0.308 e. The van der Waals surface area contributed by atoms with Crippen LogP contribution in [-0.4, -0.2) is 36.4 Å². The van der Waals surface area contributed by atoms with Crippen LogP contribution in [0.15, 0.2) is 72.8 Å². The summed E-state index contributed by atoms with van der Waals surface area (Å²) in [6, 6.07) is 17.7. The fourth-order valence-electron chi connectivity index (χ4n) is 5.07. The maximum atomic E-state index is 11.4. The Kier molecular flexibility index (Phi) is 7.57. The van der Waals surface area contributed by atoms with Gasteiger partial charge in [0, 0.05) is 24.7 Å². The normalized spacial score (nSPS) is 23.3. The highest BCUT2D eigenvalue weighted by atomic mass is 16.5. The van der Waals surface area contributed by atoms with Crippen molar-refractivity contribution in [1.29, 1.82) is 0 Å². The lowest BCUT2D eigenvalue weighted by Crippen LogP contribution is -2.49. The summed E-state index contributed by atoms with van der Waals surface area (Å²) in [5, 5.41) is 9.34. The van der Waals surface area contributed by atoms with Gasteiger partial charge in [0.2, 0.25) is 0 Å². The molecule has 34 heavy (non-hydrogen) atoms. The third-order valence-electron chi connectivity index (χ3n) is 7.30. The minimum atomic E-state index is -0.811. The molecule has 2 aromatic carbocycles. The minimum Gasteiger partial charge on any atom is -0.481 e. The molecule has 0 spiro atoms. The molecule has 1 fully saturated rings. The van der Waals surface area contributed by atoms with Crippen molar-refractivity contribution in [3.05, 3.63) is 78.4 Å². The van der Waals surface area contributed by atoms with Crippen LogP contribution in [0.25, 0.3) is 11.1 Å². The van der Waals surface area contributed by atoms with Crippen LogP contribution in [0.5, 0.6) is 0 Å². The number of aliphatic carboxylic acids is 1. The molecule has 2 aromatic rings. The second-order valence-electron chi connectivity index (χ2n) is 10.1. The molecule has 1 heterocycles. The molecule has 4 nitrogen and oxygen atoms in total. The minimum absolute atomic E-state index is 0.228. The number of carboxylic acid groups (broad SMARTS) is 1. The number of benzene rings is 2. The number of allylic oxidation sites excluding steroid dienone is 2. The summed E-state index contributed by atoms with van der Waals surface area (Å²) in [7, 11) is 0. The van der Waals surface area contributed by atoms with Gasteiger partial charge in [0.05, 0.1) is 18.1 Å². The van der Waals surface area contributed by atoms with Gasteiger partial charge in [-0.15, -0.1) is 0 Å². The molecule has 3 unspecified atom stereocenters. The van der Waals surface area contributed by atoms with Gasteiger partial charge in [0.1, 0.15) is 0 Å². The number of hydrogen-bond donors (Lipinski definition) is 1. The van der Waals surface area contributed by atoms with E-state index in [2.05, 4.69) is 91.6 Å². The van der Waals surface area contributed by atoms with Crippen molar-refractivity contribution in [1.82, 2.24) is 0 Å². The zero-order valence-corrected chi connectivity index (χ0v) is 20.6. The quantitative estimate of drug-likeness (QED) is 0.478. The Morgan fingerprint density at radius 1 is 1.12 bits per heavy atom. The highest BCUT2D eigenvalue weighted by molar-refractivity contribution is 5.70. The van der Waals surface area contributed by atoms with Crippen LogP contribution in [0.1, 0.15) is 51.5 Å². The molecule has 1 saturated heterocycles. The predicted octanol–water partition coefficient (Wildman–Crippen LogP) is 6.69. The lowest BCUT2D eigenvalue weighted by molar-refractivity contribution is -0.146. The predicted molar refractivity (Wildman–Crippen MR) is 139 cm³/mol. The summed E-state index contributed by atoms with van der Waals surface area (Å²) < 4.78 is 6.40. The topological polar surface area (TPSA) is 49.8 Å². The van der Waals surface area contributed by atoms with Crippen molar-refractivity contribution in [2.24, 2.45) is 11.8 Å². The van der Waals surface area contributed by atoms with E-state index in [9.17, 15) is 9.90 Å². The van der Waals surface area contributed by atoms with E-state index < -0.39 is 17.5 Å². The molecule has 1 aliphatic carbocycles.